The van der Waals surface area contributed by atoms with Gasteiger partial charge >= 0.3 is 0 Å². The van der Waals surface area contributed by atoms with Crippen LogP contribution in [0.2, 0.25) is 0 Å². The van der Waals surface area contributed by atoms with Gasteiger partial charge in [0.2, 0.25) is 5.91 Å². The van der Waals surface area contributed by atoms with E-state index in [2.05, 4.69) is 39.4 Å². The number of amides is 1. The van der Waals surface area contributed by atoms with Crippen LogP contribution in [0, 0.1) is 5.92 Å². The predicted octanol–water partition coefficient (Wildman–Crippen LogP) is 3.10. The monoisotopic (exact) mass is 409 g/mol. The van der Waals surface area contributed by atoms with E-state index in [1.54, 1.807) is 14.2 Å². The molecule has 2 aromatic rings. The van der Waals surface area contributed by atoms with Gasteiger partial charge in [0.25, 0.3) is 0 Å². The second-order valence-electron chi connectivity index (χ2n) is 8.09. The van der Waals surface area contributed by atoms with Crippen molar-refractivity contribution in [2.24, 2.45) is 5.92 Å². The molecule has 0 aromatic heterocycles. The van der Waals surface area contributed by atoms with E-state index in [0.29, 0.717) is 24.6 Å². The highest BCUT2D eigenvalue weighted by Gasteiger charge is 2.29. The average Bonchev–Trinajstić information content (AvgIpc) is 3.59. The number of ether oxygens (including phenoxy) is 2. The summed E-state index contributed by atoms with van der Waals surface area (Å²) >= 11 is 0. The van der Waals surface area contributed by atoms with Crippen LogP contribution in [0.1, 0.15) is 18.4 Å². The lowest BCUT2D eigenvalue weighted by Crippen LogP contribution is -2.46. The molecular weight excluding hydrogens is 378 g/mol. The summed E-state index contributed by atoms with van der Waals surface area (Å²) < 4.78 is 10.6. The normalized spacial score (nSPS) is 15.5. The fourth-order valence-corrected chi connectivity index (χ4v) is 4.06. The van der Waals surface area contributed by atoms with Crippen LogP contribution in [0.5, 0.6) is 11.5 Å². The summed E-state index contributed by atoms with van der Waals surface area (Å²) in [6.07, 6.45) is 3.45. The number of fused-ring (bicyclic) bond motifs is 1. The molecule has 1 heterocycles. The number of hydrogen-bond acceptors (Lipinski definition) is 5. The summed E-state index contributed by atoms with van der Waals surface area (Å²) in [5, 5.41) is 3.06. The number of para-hydroxylation sites is 2. The van der Waals surface area contributed by atoms with E-state index in [1.165, 1.54) is 24.2 Å². The minimum absolute atomic E-state index is 0.0564. The molecule has 0 bridgehead atoms. The Morgan fingerprint density at radius 3 is 2.40 bits per heavy atom. The van der Waals surface area contributed by atoms with Crippen molar-refractivity contribution in [3.05, 3.63) is 48.0 Å². The maximum Gasteiger partial charge on any atom is 0.239 e. The van der Waals surface area contributed by atoms with Crippen molar-refractivity contribution >= 4 is 17.3 Å². The molecule has 0 unspecified atom stereocenters. The van der Waals surface area contributed by atoms with Gasteiger partial charge in [-0.1, -0.05) is 18.2 Å². The molecule has 2 aliphatic rings. The van der Waals surface area contributed by atoms with Gasteiger partial charge in [-0.2, -0.15) is 0 Å². The molecule has 6 heteroatoms. The Kier molecular flexibility index (Phi) is 6.31. The summed E-state index contributed by atoms with van der Waals surface area (Å²) in [7, 11) is 3.26. The highest BCUT2D eigenvalue weighted by molar-refractivity contribution is 5.84. The number of anilines is 2. The zero-order valence-corrected chi connectivity index (χ0v) is 17.9. The molecule has 0 spiro atoms. The molecule has 1 saturated carbocycles. The third kappa shape index (κ3) is 4.81. The molecule has 1 amide bonds. The number of carbonyl (C=O) groups excluding carboxylic acids is 1. The van der Waals surface area contributed by atoms with Crippen LogP contribution in [0.25, 0.3) is 0 Å². The Morgan fingerprint density at radius 2 is 1.70 bits per heavy atom. The predicted molar refractivity (Wildman–Crippen MR) is 120 cm³/mol. The second kappa shape index (κ2) is 9.28. The smallest absolute Gasteiger partial charge is 0.239 e. The highest BCUT2D eigenvalue weighted by Crippen LogP contribution is 2.37. The molecule has 1 N–H and O–H groups in total. The van der Waals surface area contributed by atoms with Crippen LogP contribution in [0.4, 0.5) is 11.4 Å². The van der Waals surface area contributed by atoms with E-state index < -0.39 is 0 Å². The lowest BCUT2D eigenvalue weighted by Gasteiger charge is -2.38. The standard InChI is InChI=1S/C24H31N3O3/c1-29-22-10-9-18(15-23(22)30-2)11-12-25-24(28)17-27-14-13-26(16-19-7-8-19)20-5-3-4-6-21(20)27/h3-6,9-10,15,19H,7-8,11-14,16-17H2,1-2H3,(H,25,28). The minimum Gasteiger partial charge on any atom is -0.493 e. The summed E-state index contributed by atoms with van der Waals surface area (Å²) in [6.45, 7) is 3.99. The zero-order chi connectivity index (χ0) is 20.9. The number of benzene rings is 2. The Labute approximate surface area is 178 Å². The Balaban J connectivity index is 1.30. The molecule has 1 aliphatic carbocycles. The van der Waals surface area contributed by atoms with E-state index >= 15 is 0 Å². The molecule has 1 aliphatic heterocycles. The van der Waals surface area contributed by atoms with Crippen LogP contribution in [-0.2, 0) is 11.2 Å². The molecule has 1 fully saturated rings. The number of nitrogens with zero attached hydrogens (tertiary/aromatic N) is 2. The minimum atomic E-state index is 0.0564. The average molecular weight is 410 g/mol. The van der Waals surface area contributed by atoms with Crippen molar-refractivity contribution in [1.29, 1.82) is 0 Å². The van der Waals surface area contributed by atoms with Crippen LogP contribution in [-0.4, -0.2) is 52.9 Å². The number of hydrogen-bond donors (Lipinski definition) is 1. The number of rotatable bonds is 9. The summed E-state index contributed by atoms with van der Waals surface area (Å²) in [4.78, 5) is 17.3. The van der Waals surface area contributed by atoms with Gasteiger partial charge in [0.15, 0.2) is 11.5 Å². The van der Waals surface area contributed by atoms with Crippen molar-refractivity contribution in [2.75, 3.05) is 56.7 Å². The first-order valence-electron chi connectivity index (χ1n) is 10.7. The lowest BCUT2D eigenvalue weighted by atomic mass is 10.1. The van der Waals surface area contributed by atoms with Gasteiger partial charge in [0.05, 0.1) is 32.1 Å². The molecule has 2 aromatic carbocycles. The molecule has 0 atom stereocenters. The molecular formula is C24H31N3O3. The summed E-state index contributed by atoms with van der Waals surface area (Å²) in [5.41, 5.74) is 3.53. The molecule has 6 nitrogen and oxygen atoms in total. The van der Waals surface area contributed by atoms with E-state index in [4.69, 9.17) is 9.47 Å². The van der Waals surface area contributed by atoms with Crippen molar-refractivity contribution in [1.82, 2.24) is 5.32 Å². The maximum absolute atomic E-state index is 12.6. The van der Waals surface area contributed by atoms with Gasteiger partial charge < -0.3 is 24.6 Å². The van der Waals surface area contributed by atoms with E-state index in [-0.39, 0.29) is 5.91 Å². The first kappa shape index (κ1) is 20.4. The Bertz CT molecular complexity index is 882. The largest absolute Gasteiger partial charge is 0.493 e. The highest BCUT2D eigenvalue weighted by atomic mass is 16.5. The van der Waals surface area contributed by atoms with Crippen LogP contribution >= 0.6 is 0 Å². The lowest BCUT2D eigenvalue weighted by molar-refractivity contribution is -0.119. The van der Waals surface area contributed by atoms with Crippen LogP contribution in [0.15, 0.2) is 42.5 Å². The third-order valence-corrected chi connectivity index (χ3v) is 5.90. The van der Waals surface area contributed by atoms with Crippen molar-refractivity contribution in [2.45, 2.75) is 19.3 Å². The van der Waals surface area contributed by atoms with E-state index in [0.717, 1.165) is 37.5 Å². The molecule has 0 radical (unpaired) electrons. The quantitative estimate of drug-likeness (QED) is 0.690. The number of carbonyl (C=O) groups is 1. The maximum atomic E-state index is 12.6. The molecule has 160 valence electrons. The van der Waals surface area contributed by atoms with Gasteiger partial charge in [-0.25, -0.2) is 0 Å². The van der Waals surface area contributed by atoms with Gasteiger partial charge in [0, 0.05) is 26.2 Å². The first-order chi connectivity index (χ1) is 14.7. The zero-order valence-electron chi connectivity index (χ0n) is 17.9. The summed E-state index contributed by atoms with van der Waals surface area (Å²) in [5.74, 6) is 2.33. The third-order valence-electron chi connectivity index (χ3n) is 5.90. The molecule has 4 rings (SSSR count). The SMILES string of the molecule is COc1ccc(CCNC(=O)CN2CCN(CC3CC3)c3ccccc32)cc1OC. The molecule has 30 heavy (non-hydrogen) atoms. The Morgan fingerprint density at radius 1 is 1.00 bits per heavy atom. The number of nitrogens with one attached hydrogen (secondary N) is 1. The van der Waals surface area contributed by atoms with Gasteiger partial charge in [0.1, 0.15) is 0 Å². The van der Waals surface area contributed by atoms with E-state index in [9.17, 15) is 4.79 Å². The first-order valence-corrected chi connectivity index (χ1v) is 10.7. The topological polar surface area (TPSA) is 54.0 Å². The van der Waals surface area contributed by atoms with Crippen LogP contribution in [0.3, 0.4) is 0 Å². The fraction of sp³-hybridized carbons (Fsp3) is 0.458. The van der Waals surface area contributed by atoms with Crippen LogP contribution < -0.4 is 24.6 Å². The van der Waals surface area contributed by atoms with Crippen molar-refractivity contribution in [3.8, 4) is 11.5 Å². The van der Waals surface area contributed by atoms with Crippen molar-refractivity contribution < 1.29 is 14.3 Å². The number of methoxy groups -OCH3 is 2. The Hall–Kier alpha value is -2.89. The van der Waals surface area contributed by atoms with Crippen molar-refractivity contribution in [3.63, 3.8) is 0 Å². The van der Waals surface area contributed by atoms with Gasteiger partial charge in [-0.3, -0.25) is 4.79 Å². The van der Waals surface area contributed by atoms with E-state index in [1.807, 2.05) is 18.2 Å². The summed E-state index contributed by atoms with van der Waals surface area (Å²) in [6, 6.07) is 14.3. The molecule has 0 saturated heterocycles. The van der Waals surface area contributed by atoms with Gasteiger partial charge in [-0.15, -0.1) is 0 Å². The van der Waals surface area contributed by atoms with Gasteiger partial charge in [-0.05, 0) is 55.0 Å². The fourth-order valence-electron chi connectivity index (χ4n) is 4.06. The second-order valence-corrected chi connectivity index (χ2v) is 8.09.